The fourth-order valence-corrected chi connectivity index (χ4v) is 2.99. The first kappa shape index (κ1) is 17.8. The van der Waals surface area contributed by atoms with Crippen LogP contribution in [0.15, 0.2) is 23.1 Å². The van der Waals surface area contributed by atoms with E-state index in [2.05, 4.69) is 5.32 Å². The first-order chi connectivity index (χ1) is 9.82. The average Bonchev–Trinajstić information content (AvgIpc) is 2.43. The van der Waals surface area contributed by atoms with Gasteiger partial charge in [-0.1, -0.05) is 6.92 Å². The number of nitrogens with one attached hydrogen (secondary N) is 1. The Morgan fingerprint density at radius 3 is 2.57 bits per heavy atom. The molecule has 0 saturated carbocycles. The van der Waals surface area contributed by atoms with Gasteiger partial charge in [0.25, 0.3) is 6.43 Å². The third-order valence-electron chi connectivity index (χ3n) is 2.92. The van der Waals surface area contributed by atoms with Crippen molar-refractivity contribution in [2.75, 3.05) is 27.2 Å². The van der Waals surface area contributed by atoms with Gasteiger partial charge in [-0.3, -0.25) is 0 Å². The number of hydrogen-bond donors (Lipinski definition) is 1. The smallest absolute Gasteiger partial charge is 0.252 e. The van der Waals surface area contributed by atoms with Gasteiger partial charge < -0.3 is 10.1 Å². The highest BCUT2D eigenvalue weighted by molar-refractivity contribution is 7.89. The van der Waals surface area contributed by atoms with E-state index in [1.165, 1.54) is 25.3 Å². The summed E-state index contributed by atoms with van der Waals surface area (Å²) in [4.78, 5) is -0.0284. The Balaban J connectivity index is 3.12. The van der Waals surface area contributed by atoms with Crippen LogP contribution in [0.4, 0.5) is 8.78 Å². The van der Waals surface area contributed by atoms with E-state index in [9.17, 15) is 17.2 Å². The second-order valence-corrected chi connectivity index (χ2v) is 6.48. The summed E-state index contributed by atoms with van der Waals surface area (Å²) in [5, 5.41) is 3.07. The second kappa shape index (κ2) is 7.67. The number of benzene rings is 1. The number of sulfonamides is 1. The molecule has 1 N–H and O–H groups in total. The van der Waals surface area contributed by atoms with E-state index in [0.717, 1.165) is 7.05 Å². The molecule has 1 aromatic rings. The molecule has 0 amide bonds. The standard InChI is InChI=1S/C13H20F2N2O3S/c1-4-16-8-10-7-11(5-6-12(10)20-3)21(18,19)17(2)9-13(14)15/h5-7,13,16H,4,8-9H2,1-3H3. The van der Waals surface area contributed by atoms with E-state index in [0.29, 0.717) is 28.7 Å². The molecule has 0 unspecified atom stereocenters. The lowest BCUT2D eigenvalue weighted by atomic mass is 10.2. The highest BCUT2D eigenvalue weighted by Gasteiger charge is 2.24. The summed E-state index contributed by atoms with van der Waals surface area (Å²) in [6, 6.07) is 4.32. The van der Waals surface area contributed by atoms with E-state index in [1.807, 2.05) is 6.92 Å². The van der Waals surface area contributed by atoms with Gasteiger partial charge >= 0.3 is 0 Å². The van der Waals surface area contributed by atoms with Crippen LogP contribution in [0.3, 0.4) is 0 Å². The molecular weight excluding hydrogens is 302 g/mol. The zero-order valence-corrected chi connectivity index (χ0v) is 13.1. The Bertz CT molecular complexity index is 565. The summed E-state index contributed by atoms with van der Waals surface area (Å²) in [5.41, 5.74) is 0.658. The number of ether oxygens (including phenoxy) is 1. The van der Waals surface area contributed by atoms with Crippen molar-refractivity contribution in [3.8, 4) is 5.75 Å². The van der Waals surface area contributed by atoms with E-state index >= 15 is 0 Å². The van der Waals surface area contributed by atoms with Crippen LogP contribution in [-0.4, -0.2) is 46.4 Å². The molecule has 5 nitrogen and oxygen atoms in total. The Morgan fingerprint density at radius 1 is 1.38 bits per heavy atom. The van der Waals surface area contributed by atoms with Crippen molar-refractivity contribution in [2.45, 2.75) is 24.8 Å². The lowest BCUT2D eigenvalue weighted by Gasteiger charge is -2.18. The summed E-state index contributed by atoms with van der Waals surface area (Å²) in [6.07, 6.45) is -2.72. The quantitative estimate of drug-likeness (QED) is 0.791. The van der Waals surface area contributed by atoms with E-state index < -0.39 is 23.0 Å². The molecule has 0 fully saturated rings. The number of halogens is 2. The summed E-state index contributed by atoms with van der Waals surface area (Å²) in [7, 11) is -1.31. The van der Waals surface area contributed by atoms with Gasteiger partial charge in [-0.15, -0.1) is 0 Å². The van der Waals surface area contributed by atoms with E-state index in [4.69, 9.17) is 4.74 Å². The predicted molar refractivity (Wildman–Crippen MR) is 76.2 cm³/mol. The summed E-state index contributed by atoms with van der Waals surface area (Å²) in [6.45, 7) is 2.23. The zero-order chi connectivity index (χ0) is 16.0. The van der Waals surface area contributed by atoms with Crippen molar-refractivity contribution in [3.63, 3.8) is 0 Å². The third kappa shape index (κ3) is 4.62. The number of hydrogen-bond acceptors (Lipinski definition) is 4. The van der Waals surface area contributed by atoms with Gasteiger partial charge in [-0.25, -0.2) is 17.2 Å². The third-order valence-corrected chi connectivity index (χ3v) is 4.74. The molecule has 0 aliphatic heterocycles. The van der Waals surface area contributed by atoms with Gasteiger partial charge in [0.1, 0.15) is 5.75 Å². The second-order valence-electron chi connectivity index (χ2n) is 4.43. The molecule has 0 radical (unpaired) electrons. The minimum atomic E-state index is -3.94. The highest BCUT2D eigenvalue weighted by atomic mass is 32.2. The van der Waals surface area contributed by atoms with Crippen LogP contribution in [0.25, 0.3) is 0 Å². The van der Waals surface area contributed by atoms with Crippen molar-refractivity contribution in [2.24, 2.45) is 0 Å². The Hall–Kier alpha value is -1.25. The summed E-state index contributed by atoms with van der Waals surface area (Å²) < 4.78 is 55.0. The number of alkyl halides is 2. The van der Waals surface area contributed by atoms with Crippen molar-refractivity contribution in [1.82, 2.24) is 9.62 Å². The topological polar surface area (TPSA) is 58.6 Å². The molecule has 0 aromatic heterocycles. The normalized spacial score (nSPS) is 12.1. The predicted octanol–water partition coefficient (Wildman–Crippen LogP) is 1.69. The van der Waals surface area contributed by atoms with E-state index in [-0.39, 0.29) is 4.90 Å². The van der Waals surface area contributed by atoms with E-state index in [1.54, 1.807) is 0 Å². The van der Waals surface area contributed by atoms with Crippen LogP contribution in [0.2, 0.25) is 0 Å². The zero-order valence-electron chi connectivity index (χ0n) is 12.3. The van der Waals surface area contributed by atoms with Gasteiger partial charge in [0.2, 0.25) is 10.0 Å². The fraction of sp³-hybridized carbons (Fsp3) is 0.538. The molecule has 1 aromatic carbocycles. The molecule has 21 heavy (non-hydrogen) atoms. The lowest BCUT2D eigenvalue weighted by molar-refractivity contribution is 0.126. The Kier molecular flexibility index (Phi) is 6.50. The molecule has 120 valence electrons. The van der Waals surface area contributed by atoms with Crippen LogP contribution in [0.5, 0.6) is 5.75 Å². The molecule has 0 bridgehead atoms. The minimum Gasteiger partial charge on any atom is -0.496 e. The van der Waals surface area contributed by atoms with Crippen LogP contribution < -0.4 is 10.1 Å². The Morgan fingerprint density at radius 2 is 2.05 bits per heavy atom. The summed E-state index contributed by atoms with van der Waals surface area (Å²) in [5.74, 6) is 0.548. The molecule has 0 aliphatic carbocycles. The summed E-state index contributed by atoms with van der Waals surface area (Å²) >= 11 is 0. The number of rotatable bonds is 8. The first-order valence-electron chi connectivity index (χ1n) is 6.45. The molecule has 0 heterocycles. The SMILES string of the molecule is CCNCc1cc(S(=O)(=O)N(C)CC(F)F)ccc1OC. The maximum Gasteiger partial charge on any atom is 0.252 e. The van der Waals surface area contributed by atoms with Crippen molar-refractivity contribution >= 4 is 10.0 Å². The van der Waals surface area contributed by atoms with Gasteiger partial charge in [0.05, 0.1) is 18.6 Å². The van der Waals surface area contributed by atoms with Crippen LogP contribution in [-0.2, 0) is 16.6 Å². The van der Waals surface area contributed by atoms with Gasteiger partial charge in [-0.2, -0.15) is 4.31 Å². The maximum atomic E-state index is 12.4. The minimum absolute atomic E-state index is 0.0284. The van der Waals surface area contributed by atoms with Crippen LogP contribution in [0, 0.1) is 0 Å². The monoisotopic (exact) mass is 322 g/mol. The number of nitrogens with zero attached hydrogens (tertiary/aromatic N) is 1. The molecule has 8 heteroatoms. The lowest BCUT2D eigenvalue weighted by Crippen LogP contribution is -2.31. The van der Waals surface area contributed by atoms with Gasteiger partial charge in [0, 0.05) is 19.2 Å². The fourth-order valence-electron chi connectivity index (χ4n) is 1.79. The molecule has 0 spiro atoms. The highest BCUT2D eigenvalue weighted by Crippen LogP contribution is 2.24. The largest absolute Gasteiger partial charge is 0.496 e. The average molecular weight is 322 g/mol. The number of methoxy groups -OCH3 is 1. The van der Waals surface area contributed by atoms with Crippen LogP contribution >= 0.6 is 0 Å². The van der Waals surface area contributed by atoms with Crippen molar-refractivity contribution in [1.29, 1.82) is 0 Å². The van der Waals surface area contributed by atoms with Crippen LogP contribution in [0.1, 0.15) is 12.5 Å². The Labute approximate surface area is 124 Å². The molecular formula is C13H20F2N2O3S. The van der Waals surface area contributed by atoms with Crippen molar-refractivity contribution in [3.05, 3.63) is 23.8 Å². The molecule has 0 aliphatic rings. The molecule has 1 rings (SSSR count). The van der Waals surface area contributed by atoms with Gasteiger partial charge in [0.15, 0.2) is 0 Å². The van der Waals surface area contributed by atoms with Crippen molar-refractivity contribution < 1.29 is 21.9 Å². The maximum absolute atomic E-state index is 12.4. The van der Waals surface area contributed by atoms with Gasteiger partial charge in [-0.05, 0) is 24.7 Å². The molecule has 0 saturated heterocycles. The molecule has 0 atom stereocenters. The first-order valence-corrected chi connectivity index (χ1v) is 7.89.